The van der Waals surface area contributed by atoms with Crippen molar-refractivity contribution in [3.63, 3.8) is 0 Å². The molecule has 0 aliphatic rings. The van der Waals surface area contributed by atoms with E-state index in [2.05, 4.69) is 25.8 Å². The van der Waals surface area contributed by atoms with Crippen molar-refractivity contribution in [2.45, 2.75) is 24.4 Å². The lowest BCUT2D eigenvalue weighted by atomic mass is 10.1. The van der Waals surface area contributed by atoms with Gasteiger partial charge in [0.1, 0.15) is 4.90 Å². The highest BCUT2D eigenvalue weighted by Gasteiger charge is 2.20. The van der Waals surface area contributed by atoms with E-state index >= 15 is 0 Å². The molecule has 114 valence electrons. The summed E-state index contributed by atoms with van der Waals surface area (Å²) in [5.41, 5.74) is 6.30. The van der Waals surface area contributed by atoms with Crippen molar-refractivity contribution in [1.82, 2.24) is 14.5 Å². The largest absolute Gasteiger partial charge is 0.329 e. The Hall–Kier alpha value is -1.22. The van der Waals surface area contributed by atoms with Crippen LogP contribution in [0.5, 0.6) is 0 Å². The van der Waals surface area contributed by atoms with Crippen molar-refractivity contribution in [3.05, 3.63) is 46.7 Å². The molecule has 3 N–H and O–H groups in total. The molecule has 6 nitrogen and oxygen atoms in total. The summed E-state index contributed by atoms with van der Waals surface area (Å²) < 4.78 is 29.7. The molecular formula is C13H17BrN4O2S. The topological polar surface area (TPSA) is 90.0 Å². The Morgan fingerprint density at radius 3 is 2.90 bits per heavy atom. The first kappa shape index (κ1) is 16.2. The third kappa shape index (κ3) is 4.13. The van der Waals surface area contributed by atoms with Crippen LogP contribution in [-0.2, 0) is 16.6 Å². The standard InChI is InChI=1S/C13H17BrN4O2S/c1-10(11-3-2-4-12(14)7-11)17-21(19,20)13-8-16-18(9-13)6-5-15/h2-4,7-10,17H,5-6,15H2,1H3. The fraction of sp³-hybridized carbons (Fsp3) is 0.308. The van der Waals surface area contributed by atoms with E-state index in [4.69, 9.17) is 5.73 Å². The van der Waals surface area contributed by atoms with Gasteiger partial charge < -0.3 is 5.73 Å². The first-order valence-electron chi connectivity index (χ1n) is 6.42. The predicted molar refractivity (Wildman–Crippen MR) is 84.2 cm³/mol. The maximum Gasteiger partial charge on any atom is 0.244 e. The number of halogens is 1. The number of nitrogens with two attached hydrogens (primary N) is 1. The first-order chi connectivity index (χ1) is 9.92. The minimum absolute atomic E-state index is 0.137. The lowest BCUT2D eigenvalue weighted by Crippen LogP contribution is -2.26. The number of sulfonamides is 1. The van der Waals surface area contributed by atoms with Crippen molar-refractivity contribution in [3.8, 4) is 0 Å². The number of nitrogens with one attached hydrogen (secondary N) is 1. The molecule has 21 heavy (non-hydrogen) atoms. The van der Waals surface area contributed by atoms with Crippen molar-refractivity contribution in [1.29, 1.82) is 0 Å². The molecule has 1 heterocycles. The fourth-order valence-electron chi connectivity index (χ4n) is 1.88. The van der Waals surface area contributed by atoms with Gasteiger partial charge in [0.05, 0.1) is 12.7 Å². The summed E-state index contributed by atoms with van der Waals surface area (Å²) in [6.07, 6.45) is 2.80. The highest BCUT2D eigenvalue weighted by atomic mass is 79.9. The Bertz CT molecular complexity index is 714. The summed E-state index contributed by atoms with van der Waals surface area (Å²) in [7, 11) is -3.61. The number of hydrogen-bond donors (Lipinski definition) is 2. The van der Waals surface area contributed by atoms with Gasteiger partial charge in [0.2, 0.25) is 10.0 Å². The van der Waals surface area contributed by atoms with E-state index in [-0.39, 0.29) is 10.9 Å². The molecule has 0 spiro atoms. The molecular weight excluding hydrogens is 356 g/mol. The van der Waals surface area contributed by atoms with Gasteiger partial charge in [-0.1, -0.05) is 28.1 Å². The summed E-state index contributed by atoms with van der Waals surface area (Å²) in [6.45, 7) is 2.68. The predicted octanol–water partition coefficient (Wildman–Crippen LogP) is 1.64. The van der Waals surface area contributed by atoms with Gasteiger partial charge in [-0.05, 0) is 24.6 Å². The van der Waals surface area contributed by atoms with Gasteiger partial charge in [0, 0.05) is 23.3 Å². The Kier molecular flexibility index (Phi) is 5.15. The zero-order valence-electron chi connectivity index (χ0n) is 11.5. The molecule has 0 aliphatic heterocycles. The number of benzene rings is 1. The molecule has 1 unspecified atom stereocenters. The van der Waals surface area contributed by atoms with Gasteiger partial charge in [-0.25, -0.2) is 13.1 Å². The monoisotopic (exact) mass is 372 g/mol. The molecule has 8 heteroatoms. The molecule has 0 amide bonds. The summed E-state index contributed by atoms with van der Waals surface area (Å²) in [4.78, 5) is 0.137. The summed E-state index contributed by atoms with van der Waals surface area (Å²) in [5, 5.41) is 3.98. The molecule has 0 saturated carbocycles. The minimum Gasteiger partial charge on any atom is -0.329 e. The van der Waals surface area contributed by atoms with Gasteiger partial charge in [0.15, 0.2) is 0 Å². The number of hydrogen-bond acceptors (Lipinski definition) is 4. The van der Waals surface area contributed by atoms with Crippen molar-refractivity contribution >= 4 is 26.0 Å². The SMILES string of the molecule is CC(NS(=O)(=O)c1cnn(CCN)c1)c1cccc(Br)c1. The molecule has 1 atom stereocenters. The second-order valence-electron chi connectivity index (χ2n) is 4.63. The van der Waals surface area contributed by atoms with Crippen LogP contribution >= 0.6 is 15.9 Å². The first-order valence-corrected chi connectivity index (χ1v) is 8.70. The maximum atomic E-state index is 12.3. The zero-order chi connectivity index (χ0) is 15.5. The lowest BCUT2D eigenvalue weighted by Gasteiger charge is -2.14. The molecule has 2 rings (SSSR count). The van der Waals surface area contributed by atoms with E-state index in [1.807, 2.05) is 24.3 Å². The van der Waals surface area contributed by atoms with E-state index in [0.29, 0.717) is 13.1 Å². The second kappa shape index (κ2) is 6.69. The summed E-state index contributed by atoms with van der Waals surface area (Å²) >= 11 is 3.37. The van der Waals surface area contributed by atoms with E-state index in [0.717, 1.165) is 10.0 Å². The maximum absolute atomic E-state index is 12.3. The van der Waals surface area contributed by atoms with Crippen LogP contribution in [0.3, 0.4) is 0 Å². The van der Waals surface area contributed by atoms with Crippen LogP contribution in [0.15, 0.2) is 46.0 Å². The Labute approximate surface area is 132 Å². The van der Waals surface area contributed by atoms with Crippen LogP contribution in [0.1, 0.15) is 18.5 Å². The Morgan fingerprint density at radius 2 is 2.24 bits per heavy atom. The number of nitrogens with zero attached hydrogens (tertiary/aromatic N) is 2. The van der Waals surface area contributed by atoms with Gasteiger partial charge in [-0.3, -0.25) is 4.68 Å². The van der Waals surface area contributed by atoms with Crippen LogP contribution in [0.2, 0.25) is 0 Å². The molecule has 0 aliphatic carbocycles. The zero-order valence-corrected chi connectivity index (χ0v) is 13.9. The normalized spacial score (nSPS) is 13.3. The molecule has 0 bridgehead atoms. The van der Waals surface area contributed by atoms with Crippen LogP contribution in [-0.4, -0.2) is 24.7 Å². The fourth-order valence-corrected chi connectivity index (χ4v) is 3.48. The molecule has 0 fully saturated rings. The quantitative estimate of drug-likeness (QED) is 0.806. The third-order valence-corrected chi connectivity index (χ3v) is 4.95. The van der Waals surface area contributed by atoms with Crippen molar-refractivity contribution < 1.29 is 8.42 Å². The Morgan fingerprint density at radius 1 is 1.48 bits per heavy atom. The highest BCUT2D eigenvalue weighted by molar-refractivity contribution is 9.10. The summed E-state index contributed by atoms with van der Waals surface area (Å²) in [6, 6.07) is 7.16. The van der Waals surface area contributed by atoms with Crippen LogP contribution < -0.4 is 10.5 Å². The molecule has 1 aromatic heterocycles. The van der Waals surface area contributed by atoms with Crippen LogP contribution in [0, 0.1) is 0 Å². The van der Waals surface area contributed by atoms with E-state index in [1.54, 1.807) is 6.92 Å². The number of aromatic nitrogens is 2. The van der Waals surface area contributed by atoms with Crippen LogP contribution in [0.25, 0.3) is 0 Å². The molecule has 2 aromatic rings. The van der Waals surface area contributed by atoms with Gasteiger partial charge >= 0.3 is 0 Å². The van der Waals surface area contributed by atoms with E-state index < -0.39 is 10.0 Å². The average Bonchev–Trinajstić information content (AvgIpc) is 2.88. The lowest BCUT2D eigenvalue weighted by molar-refractivity contribution is 0.566. The van der Waals surface area contributed by atoms with Gasteiger partial charge in [0.25, 0.3) is 0 Å². The second-order valence-corrected chi connectivity index (χ2v) is 7.26. The third-order valence-electron chi connectivity index (χ3n) is 2.96. The number of rotatable bonds is 6. The Balaban J connectivity index is 2.16. The van der Waals surface area contributed by atoms with Gasteiger partial charge in [-0.15, -0.1) is 0 Å². The van der Waals surface area contributed by atoms with E-state index in [1.165, 1.54) is 17.1 Å². The molecule has 1 aromatic carbocycles. The van der Waals surface area contributed by atoms with Gasteiger partial charge in [-0.2, -0.15) is 5.10 Å². The highest BCUT2D eigenvalue weighted by Crippen LogP contribution is 2.20. The van der Waals surface area contributed by atoms with Crippen molar-refractivity contribution in [2.75, 3.05) is 6.54 Å². The summed E-state index contributed by atoms with van der Waals surface area (Å²) in [5.74, 6) is 0. The minimum atomic E-state index is -3.61. The van der Waals surface area contributed by atoms with E-state index in [9.17, 15) is 8.42 Å². The molecule has 0 saturated heterocycles. The average molecular weight is 373 g/mol. The molecule has 0 radical (unpaired) electrons. The smallest absolute Gasteiger partial charge is 0.244 e. The van der Waals surface area contributed by atoms with Crippen LogP contribution in [0.4, 0.5) is 0 Å². The van der Waals surface area contributed by atoms with Crippen molar-refractivity contribution in [2.24, 2.45) is 5.73 Å².